The second-order valence-corrected chi connectivity index (χ2v) is 4.50. The van der Waals surface area contributed by atoms with Crippen LogP contribution in [0.4, 0.5) is 4.79 Å². The van der Waals surface area contributed by atoms with Gasteiger partial charge in [-0.3, -0.25) is 4.79 Å². The Labute approximate surface area is 103 Å². The Bertz CT molecular complexity index is 436. The van der Waals surface area contributed by atoms with Gasteiger partial charge >= 0.3 is 12.1 Å². The highest BCUT2D eigenvalue weighted by Gasteiger charge is 2.17. The lowest BCUT2D eigenvalue weighted by Gasteiger charge is -2.19. The molecule has 18 heavy (non-hydrogen) atoms. The van der Waals surface area contributed by atoms with E-state index in [0.29, 0.717) is 0 Å². The zero-order valence-corrected chi connectivity index (χ0v) is 10.4. The molecule has 2 N–H and O–H groups in total. The summed E-state index contributed by atoms with van der Waals surface area (Å²) in [4.78, 5) is 21.9. The number of nitrogens with one attached hydrogen (secondary N) is 1. The standard InChI is InChI=1S/C9H15N5O4/c1-9(2,3)18-8(17)10-4-6-11-12-13-14(6)5-7(15)16/h4-5H2,1-3H3,(H,10,17)(H,15,16). The first-order chi connectivity index (χ1) is 8.28. The molecule has 9 nitrogen and oxygen atoms in total. The Hall–Kier alpha value is -2.19. The van der Waals surface area contributed by atoms with Crippen molar-refractivity contribution in [3.63, 3.8) is 0 Å². The summed E-state index contributed by atoms with van der Waals surface area (Å²) in [7, 11) is 0. The number of carboxylic acids is 1. The van der Waals surface area contributed by atoms with Crippen LogP contribution in [-0.4, -0.2) is 43.0 Å². The lowest BCUT2D eigenvalue weighted by Crippen LogP contribution is -2.33. The van der Waals surface area contributed by atoms with Gasteiger partial charge in [-0.05, 0) is 31.2 Å². The highest BCUT2D eigenvalue weighted by Crippen LogP contribution is 2.06. The van der Waals surface area contributed by atoms with E-state index in [9.17, 15) is 9.59 Å². The van der Waals surface area contributed by atoms with Crippen molar-refractivity contribution in [3.8, 4) is 0 Å². The molecule has 1 aromatic rings. The number of hydrogen-bond acceptors (Lipinski definition) is 6. The van der Waals surface area contributed by atoms with Crippen LogP contribution in [0.3, 0.4) is 0 Å². The first-order valence-corrected chi connectivity index (χ1v) is 5.21. The maximum atomic E-state index is 11.4. The Balaban J connectivity index is 2.51. The summed E-state index contributed by atoms with van der Waals surface area (Å²) < 4.78 is 6.10. The largest absolute Gasteiger partial charge is 0.480 e. The predicted molar refractivity (Wildman–Crippen MR) is 58.5 cm³/mol. The van der Waals surface area contributed by atoms with Gasteiger partial charge in [-0.25, -0.2) is 9.48 Å². The number of nitrogens with zero attached hydrogens (tertiary/aromatic N) is 4. The van der Waals surface area contributed by atoms with Crippen LogP contribution in [0.5, 0.6) is 0 Å². The van der Waals surface area contributed by atoms with E-state index < -0.39 is 17.7 Å². The number of aliphatic carboxylic acids is 1. The molecular weight excluding hydrogens is 242 g/mol. The second-order valence-electron chi connectivity index (χ2n) is 4.50. The van der Waals surface area contributed by atoms with Crippen molar-refractivity contribution in [1.82, 2.24) is 25.5 Å². The van der Waals surface area contributed by atoms with Crippen molar-refractivity contribution < 1.29 is 19.4 Å². The van der Waals surface area contributed by atoms with Gasteiger partial charge in [0.1, 0.15) is 12.1 Å². The number of ether oxygens (including phenoxy) is 1. The molecule has 0 saturated carbocycles. The third kappa shape index (κ3) is 4.76. The lowest BCUT2D eigenvalue weighted by atomic mass is 10.2. The molecule has 0 aliphatic carbocycles. The summed E-state index contributed by atoms with van der Waals surface area (Å²) in [5.74, 6) is -0.830. The number of alkyl carbamates (subject to hydrolysis) is 1. The van der Waals surface area contributed by atoms with Crippen LogP contribution in [0.1, 0.15) is 26.6 Å². The molecule has 0 atom stereocenters. The van der Waals surface area contributed by atoms with Crippen LogP contribution in [-0.2, 0) is 22.6 Å². The minimum absolute atomic E-state index is 0.00477. The van der Waals surface area contributed by atoms with Crippen LogP contribution >= 0.6 is 0 Å². The maximum absolute atomic E-state index is 11.4. The Morgan fingerprint density at radius 1 is 1.44 bits per heavy atom. The number of tetrazole rings is 1. The van der Waals surface area contributed by atoms with Crippen molar-refractivity contribution in [1.29, 1.82) is 0 Å². The first-order valence-electron chi connectivity index (χ1n) is 5.21. The summed E-state index contributed by atoms with van der Waals surface area (Å²) >= 11 is 0. The van der Waals surface area contributed by atoms with Gasteiger partial charge in [0.05, 0.1) is 6.54 Å². The second kappa shape index (κ2) is 5.43. The molecule has 0 aliphatic rings. The van der Waals surface area contributed by atoms with Gasteiger partial charge in [0.25, 0.3) is 0 Å². The molecule has 1 heterocycles. The number of carbonyl (C=O) groups excluding carboxylic acids is 1. The number of rotatable bonds is 4. The van der Waals surface area contributed by atoms with Gasteiger partial charge in [0, 0.05) is 0 Å². The van der Waals surface area contributed by atoms with Crippen molar-refractivity contribution in [3.05, 3.63) is 5.82 Å². The van der Waals surface area contributed by atoms with Gasteiger partial charge in [-0.15, -0.1) is 5.10 Å². The van der Waals surface area contributed by atoms with Gasteiger partial charge in [-0.2, -0.15) is 0 Å². The average Bonchev–Trinajstić information content (AvgIpc) is 2.58. The minimum Gasteiger partial charge on any atom is -0.480 e. The summed E-state index contributed by atoms with van der Waals surface area (Å²) in [6.45, 7) is 4.84. The first kappa shape index (κ1) is 13.9. The van der Waals surface area contributed by atoms with E-state index in [4.69, 9.17) is 9.84 Å². The summed E-state index contributed by atoms with van der Waals surface area (Å²) in [6.07, 6.45) is -0.618. The van der Waals surface area contributed by atoms with E-state index in [1.807, 2.05) is 0 Å². The third-order valence-corrected chi connectivity index (χ3v) is 1.68. The Kier molecular flexibility index (Phi) is 4.18. The molecule has 1 amide bonds. The summed E-state index contributed by atoms with van der Waals surface area (Å²) in [5, 5.41) is 21.5. The summed E-state index contributed by atoms with van der Waals surface area (Å²) in [6, 6.07) is 0. The van der Waals surface area contributed by atoms with E-state index in [0.717, 1.165) is 4.68 Å². The van der Waals surface area contributed by atoms with Crippen LogP contribution in [0, 0.1) is 0 Å². The predicted octanol–water partition coefficient (Wildman–Crippen LogP) is -0.218. The molecule has 0 aliphatic heterocycles. The highest BCUT2D eigenvalue weighted by atomic mass is 16.6. The van der Waals surface area contributed by atoms with Crippen molar-refractivity contribution in [2.24, 2.45) is 0 Å². The molecular formula is C9H15N5O4. The molecule has 1 aromatic heterocycles. The lowest BCUT2D eigenvalue weighted by molar-refractivity contribution is -0.138. The van der Waals surface area contributed by atoms with Gasteiger partial charge in [-0.1, -0.05) is 0 Å². The van der Waals surface area contributed by atoms with Crippen LogP contribution in [0.15, 0.2) is 0 Å². The fraction of sp³-hybridized carbons (Fsp3) is 0.667. The fourth-order valence-electron chi connectivity index (χ4n) is 1.07. The molecule has 0 saturated heterocycles. The molecule has 0 bridgehead atoms. The molecule has 0 unspecified atom stereocenters. The van der Waals surface area contributed by atoms with Crippen LogP contribution in [0.2, 0.25) is 0 Å². The molecule has 0 aromatic carbocycles. The smallest absolute Gasteiger partial charge is 0.408 e. The zero-order chi connectivity index (χ0) is 13.8. The van der Waals surface area contributed by atoms with E-state index >= 15 is 0 Å². The Morgan fingerprint density at radius 3 is 2.67 bits per heavy atom. The van der Waals surface area contributed by atoms with E-state index in [1.165, 1.54) is 0 Å². The number of carboxylic acid groups (broad SMARTS) is 1. The molecule has 0 radical (unpaired) electrons. The van der Waals surface area contributed by atoms with Crippen LogP contribution < -0.4 is 5.32 Å². The van der Waals surface area contributed by atoms with Crippen molar-refractivity contribution in [2.75, 3.05) is 0 Å². The third-order valence-electron chi connectivity index (χ3n) is 1.68. The topological polar surface area (TPSA) is 119 Å². The van der Waals surface area contributed by atoms with E-state index in [2.05, 4.69) is 20.8 Å². The van der Waals surface area contributed by atoms with E-state index in [1.54, 1.807) is 20.8 Å². The Morgan fingerprint density at radius 2 is 2.11 bits per heavy atom. The minimum atomic E-state index is -1.07. The van der Waals surface area contributed by atoms with Crippen LogP contribution in [0.25, 0.3) is 0 Å². The molecule has 0 fully saturated rings. The number of aromatic nitrogens is 4. The number of carbonyl (C=O) groups is 2. The van der Waals surface area contributed by atoms with Gasteiger partial charge < -0.3 is 15.2 Å². The zero-order valence-electron chi connectivity index (χ0n) is 10.4. The number of hydrogen-bond donors (Lipinski definition) is 2. The molecule has 9 heteroatoms. The molecule has 1 rings (SSSR count). The van der Waals surface area contributed by atoms with Gasteiger partial charge in [0.15, 0.2) is 5.82 Å². The monoisotopic (exact) mass is 257 g/mol. The maximum Gasteiger partial charge on any atom is 0.408 e. The van der Waals surface area contributed by atoms with Gasteiger partial charge in [0.2, 0.25) is 0 Å². The summed E-state index contributed by atoms with van der Waals surface area (Å²) in [5.41, 5.74) is -0.600. The average molecular weight is 257 g/mol. The quantitative estimate of drug-likeness (QED) is 0.765. The van der Waals surface area contributed by atoms with Crippen molar-refractivity contribution in [2.45, 2.75) is 39.5 Å². The SMILES string of the molecule is CC(C)(C)OC(=O)NCc1nnnn1CC(=O)O. The number of amides is 1. The molecule has 0 spiro atoms. The highest BCUT2D eigenvalue weighted by molar-refractivity contribution is 5.67. The molecule has 100 valence electrons. The van der Waals surface area contributed by atoms with E-state index in [-0.39, 0.29) is 18.9 Å². The fourth-order valence-corrected chi connectivity index (χ4v) is 1.07. The normalized spacial score (nSPS) is 11.1. The van der Waals surface area contributed by atoms with Crippen molar-refractivity contribution >= 4 is 12.1 Å².